The Morgan fingerprint density at radius 3 is 2.95 bits per heavy atom. The molecule has 104 valence electrons. The molecule has 0 spiro atoms. The highest BCUT2D eigenvalue weighted by Gasteiger charge is 2.10. The summed E-state index contributed by atoms with van der Waals surface area (Å²) in [4.78, 5) is 5.55. The lowest BCUT2D eigenvalue weighted by molar-refractivity contribution is 0.200. The van der Waals surface area contributed by atoms with Gasteiger partial charge >= 0.3 is 0 Å². The molecular weight excluding hydrogens is 282 g/mol. The van der Waals surface area contributed by atoms with Gasteiger partial charge in [-0.2, -0.15) is 0 Å². The number of thiazole rings is 1. The summed E-state index contributed by atoms with van der Waals surface area (Å²) in [5.41, 5.74) is 2.99. The predicted molar refractivity (Wildman–Crippen MR) is 77.0 cm³/mol. The van der Waals surface area contributed by atoms with Crippen LogP contribution < -0.4 is 5.84 Å². The molecule has 2 aromatic heterocycles. The summed E-state index contributed by atoms with van der Waals surface area (Å²) in [7, 11) is 1.66. The zero-order chi connectivity index (χ0) is 13.7. The van der Waals surface area contributed by atoms with E-state index in [0.717, 1.165) is 28.8 Å². The first-order chi connectivity index (χ1) is 9.22. The van der Waals surface area contributed by atoms with Crippen LogP contribution >= 0.6 is 23.1 Å². The third-order valence-electron chi connectivity index (χ3n) is 2.67. The molecule has 0 radical (unpaired) electrons. The first-order valence-electron chi connectivity index (χ1n) is 5.92. The van der Waals surface area contributed by atoms with Crippen molar-refractivity contribution in [2.24, 2.45) is 0 Å². The van der Waals surface area contributed by atoms with E-state index in [1.54, 1.807) is 34.9 Å². The summed E-state index contributed by atoms with van der Waals surface area (Å²) in [5.74, 6) is 7.61. The van der Waals surface area contributed by atoms with Crippen molar-refractivity contribution in [3.63, 3.8) is 0 Å². The number of nitrogen functional groups attached to an aromatic ring is 1. The lowest BCUT2D eigenvalue weighted by Gasteiger charge is -2.03. The normalized spacial score (nSPS) is 11.1. The van der Waals surface area contributed by atoms with Gasteiger partial charge in [-0.3, -0.25) is 0 Å². The molecule has 0 bridgehead atoms. The second-order valence-electron chi connectivity index (χ2n) is 3.97. The Morgan fingerprint density at radius 1 is 1.42 bits per heavy atom. The molecule has 2 heterocycles. The lowest BCUT2D eigenvalue weighted by atomic mass is 10.3. The van der Waals surface area contributed by atoms with E-state index in [4.69, 9.17) is 10.6 Å². The van der Waals surface area contributed by atoms with E-state index >= 15 is 0 Å². The molecule has 2 N–H and O–H groups in total. The first kappa shape index (κ1) is 14.3. The second-order valence-corrected chi connectivity index (χ2v) is 5.97. The molecule has 0 saturated heterocycles. The fourth-order valence-electron chi connectivity index (χ4n) is 1.57. The topological polar surface area (TPSA) is 78.9 Å². The van der Waals surface area contributed by atoms with Crippen LogP contribution in [0.4, 0.5) is 0 Å². The van der Waals surface area contributed by atoms with Crippen LogP contribution in [-0.4, -0.2) is 39.3 Å². The molecule has 0 fully saturated rings. The molecule has 0 aliphatic carbocycles. The van der Waals surface area contributed by atoms with Gasteiger partial charge in [-0.1, -0.05) is 11.8 Å². The Hall–Kier alpha value is -1.12. The van der Waals surface area contributed by atoms with E-state index in [1.165, 1.54) is 4.88 Å². The minimum atomic E-state index is 0.597. The summed E-state index contributed by atoms with van der Waals surface area (Å²) in [6.45, 7) is 2.63. The van der Waals surface area contributed by atoms with Gasteiger partial charge in [0.15, 0.2) is 5.82 Å². The number of hydrogen-bond donors (Lipinski definition) is 1. The second kappa shape index (κ2) is 6.88. The lowest BCUT2D eigenvalue weighted by Crippen LogP contribution is -2.15. The van der Waals surface area contributed by atoms with Crippen molar-refractivity contribution in [3.05, 3.63) is 21.9 Å². The average molecular weight is 299 g/mol. The van der Waals surface area contributed by atoms with Gasteiger partial charge in [0.05, 0.1) is 17.8 Å². The van der Waals surface area contributed by atoms with Gasteiger partial charge in [0, 0.05) is 24.2 Å². The molecule has 0 aromatic carbocycles. The van der Waals surface area contributed by atoms with Crippen molar-refractivity contribution in [2.75, 3.05) is 25.3 Å². The largest absolute Gasteiger partial charge is 0.384 e. The smallest absolute Gasteiger partial charge is 0.209 e. The van der Waals surface area contributed by atoms with Crippen molar-refractivity contribution >= 4 is 23.1 Å². The highest BCUT2D eigenvalue weighted by molar-refractivity contribution is 7.99. The Bertz CT molecular complexity index is 525. The quantitative estimate of drug-likeness (QED) is 0.613. The van der Waals surface area contributed by atoms with Gasteiger partial charge < -0.3 is 10.6 Å². The van der Waals surface area contributed by atoms with Gasteiger partial charge in [0.2, 0.25) is 5.16 Å². The number of thioether (sulfide) groups is 1. The van der Waals surface area contributed by atoms with Crippen molar-refractivity contribution in [3.8, 4) is 0 Å². The Balaban J connectivity index is 1.86. The average Bonchev–Trinajstić information content (AvgIpc) is 2.96. The number of rotatable bonds is 7. The van der Waals surface area contributed by atoms with Crippen LogP contribution in [0.5, 0.6) is 0 Å². The van der Waals surface area contributed by atoms with E-state index < -0.39 is 0 Å². The molecule has 19 heavy (non-hydrogen) atoms. The summed E-state index contributed by atoms with van der Waals surface area (Å²) in [6, 6.07) is 0. The van der Waals surface area contributed by atoms with Crippen LogP contribution in [0, 0.1) is 6.92 Å². The summed E-state index contributed by atoms with van der Waals surface area (Å²) in [5, 5.41) is 8.90. The minimum absolute atomic E-state index is 0.597. The molecular formula is C11H17N5OS2. The van der Waals surface area contributed by atoms with Gasteiger partial charge in [0.1, 0.15) is 0 Å². The number of hydrogen-bond acceptors (Lipinski definition) is 7. The number of aryl methyl sites for hydroxylation is 2. The van der Waals surface area contributed by atoms with Crippen molar-refractivity contribution in [2.45, 2.75) is 24.9 Å². The number of methoxy groups -OCH3 is 1. The van der Waals surface area contributed by atoms with Crippen molar-refractivity contribution in [1.29, 1.82) is 0 Å². The Morgan fingerprint density at radius 2 is 2.26 bits per heavy atom. The molecule has 0 aliphatic heterocycles. The molecule has 0 atom stereocenters. The van der Waals surface area contributed by atoms with E-state index in [9.17, 15) is 0 Å². The van der Waals surface area contributed by atoms with Gasteiger partial charge in [-0.25, -0.2) is 9.66 Å². The summed E-state index contributed by atoms with van der Waals surface area (Å²) in [6.07, 6.45) is 1.65. The highest BCUT2D eigenvalue weighted by Crippen LogP contribution is 2.19. The Labute approximate surface area is 120 Å². The van der Waals surface area contributed by atoms with E-state index in [1.807, 2.05) is 12.4 Å². The zero-order valence-corrected chi connectivity index (χ0v) is 12.6. The molecule has 8 heteroatoms. The van der Waals surface area contributed by atoms with Gasteiger partial charge in [-0.05, 0) is 13.3 Å². The van der Waals surface area contributed by atoms with E-state index in [2.05, 4.69) is 15.2 Å². The van der Waals surface area contributed by atoms with Gasteiger partial charge in [-0.15, -0.1) is 21.5 Å². The number of nitrogens with two attached hydrogens (primary N) is 1. The van der Waals surface area contributed by atoms with Crippen LogP contribution in [0.15, 0.2) is 10.7 Å². The van der Waals surface area contributed by atoms with Crippen LogP contribution in [0.1, 0.15) is 16.4 Å². The number of aromatic nitrogens is 4. The van der Waals surface area contributed by atoms with Crippen LogP contribution in [0.3, 0.4) is 0 Å². The maximum atomic E-state index is 5.94. The molecule has 0 amide bonds. The maximum Gasteiger partial charge on any atom is 0.209 e. The number of nitrogens with zero attached hydrogens (tertiary/aromatic N) is 4. The monoisotopic (exact) mass is 299 g/mol. The third kappa shape index (κ3) is 3.68. The standard InChI is InChI=1S/C11H17N5OS2/c1-8-9(19-7-13-8)4-6-18-11-15-14-10(16(11)12)3-5-17-2/h7H,3-6,12H2,1-2H3. The van der Waals surface area contributed by atoms with Crippen molar-refractivity contribution < 1.29 is 4.74 Å². The Kier molecular flexibility index (Phi) is 5.17. The number of ether oxygens (including phenoxy) is 1. The minimum Gasteiger partial charge on any atom is -0.384 e. The molecule has 0 saturated carbocycles. The predicted octanol–water partition coefficient (Wildman–Crippen LogP) is 1.28. The zero-order valence-electron chi connectivity index (χ0n) is 11.0. The SMILES string of the molecule is COCCc1nnc(SCCc2scnc2C)n1N. The molecule has 6 nitrogen and oxygen atoms in total. The molecule has 2 rings (SSSR count). The van der Waals surface area contributed by atoms with Crippen LogP contribution in [0.25, 0.3) is 0 Å². The molecule has 2 aromatic rings. The van der Waals surface area contributed by atoms with Crippen molar-refractivity contribution in [1.82, 2.24) is 19.9 Å². The maximum absolute atomic E-state index is 5.94. The van der Waals surface area contributed by atoms with Gasteiger partial charge in [0.25, 0.3) is 0 Å². The summed E-state index contributed by atoms with van der Waals surface area (Å²) < 4.78 is 6.55. The van der Waals surface area contributed by atoms with E-state index in [0.29, 0.717) is 13.0 Å². The molecule has 0 aliphatic rings. The highest BCUT2D eigenvalue weighted by atomic mass is 32.2. The summed E-state index contributed by atoms with van der Waals surface area (Å²) >= 11 is 3.30. The fourth-order valence-corrected chi connectivity index (χ4v) is 3.31. The van der Waals surface area contributed by atoms with Crippen LogP contribution in [0.2, 0.25) is 0 Å². The fraction of sp³-hybridized carbons (Fsp3) is 0.545. The third-order valence-corrected chi connectivity index (χ3v) is 4.61. The first-order valence-corrected chi connectivity index (χ1v) is 7.79. The van der Waals surface area contributed by atoms with E-state index in [-0.39, 0.29) is 0 Å². The molecule has 0 unspecified atom stereocenters. The van der Waals surface area contributed by atoms with Crippen LogP contribution in [-0.2, 0) is 17.6 Å².